The van der Waals surface area contributed by atoms with E-state index in [-0.39, 0.29) is 24.5 Å². The second-order valence-corrected chi connectivity index (χ2v) is 5.27. The molecule has 0 spiro atoms. The summed E-state index contributed by atoms with van der Waals surface area (Å²) in [6.45, 7) is -0.119. The molecule has 19 heavy (non-hydrogen) atoms. The van der Waals surface area contributed by atoms with E-state index in [4.69, 9.17) is 0 Å². The maximum absolute atomic E-state index is 13.6. The van der Waals surface area contributed by atoms with Gasteiger partial charge in [-0.25, -0.2) is 8.78 Å². The zero-order valence-electron chi connectivity index (χ0n) is 10.1. The van der Waals surface area contributed by atoms with Crippen molar-refractivity contribution in [2.45, 2.75) is 12.3 Å². The summed E-state index contributed by atoms with van der Waals surface area (Å²) in [6.07, 6.45) is 0.260. The third-order valence-corrected chi connectivity index (χ3v) is 3.53. The highest BCUT2D eigenvalue weighted by Crippen LogP contribution is 2.25. The van der Waals surface area contributed by atoms with Crippen LogP contribution in [0.15, 0.2) is 46.9 Å². The minimum Gasteiger partial charge on any atom is -0.396 e. The molecule has 0 aliphatic rings. The van der Waals surface area contributed by atoms with Crippen molar-refractivity contribution in [3.63, 3.8) is 0 Å². The molecule has 0 amide bonds. The van der Waals surface area contributed by atoms with E-state index in [0.717, 1.165) is 16.1 Å². The van der Waals surface area contributed by atoms with Crippen molar-refractivity contribution in [3.05, 3.63) is 69.7 Å². The Morgan fingerprint density at radius 3 is 2.53 bits per heavy atom. The van der Waals surface area contributed by atoms with E-state index in [1.165, 1.54) is 6.07 Å². The average Bonchev–Trinajstić information content (AvgIpc) is 2.40. The Labute approximate surface area is 119 Å². The summed E-state index contributed by atoms with van der Waals surface area (Å²) in [7, 11) is 0. The van der Waals surface area contributed by atoms with Gasteiger partial charge in [0.15, 0.2) is 11.6 Å². The highest BCUT2D eigenvalue weighted by molar-refractivity contribution is 9.10. The minimum absolute atomic E-state index is 0.119. The Bertz CT molecular complexity index is 572. The van der Waals surface area contributed by atoms with E-state index < -0.39 is 11.6 Å². The van der Waals surface area contributed by atoms with E-state index in [1.807, 2.05) is 24.3 Å². The summed E-state index contributed by atoms with van der Waals surface area (Å²) in [5.74, 6) is -1.95. The van der Waals surface area contributed by atoms with Crippen LogP contribution in [-0.2, 0) is 6.42 Å². The monoisotopic (exact) mass is 326 g/mol. The van der Waals surface area contributed by atoms with Crippen LogP contribution in [0.5, 0.6) is 0 Å². The van der Waals surface area contributed by atoms with E-state index >= 15 is 0 Å². The quantitative estimate of drug-likeness (QED) is 0.898. The third-order valence-electron chi connectivity index (χ3n) is 3.04. The van der Waals surface area contributed by atoms with Crippen molar-refractivity contribution in [1.29, 1.82) is 0 Å². The molecule has 0 aliphatic heterocycles. The fraction of sp³-hybridized carbons (Fsp3) is 0.200. The van der Waals surface area contributed by atoms with Gasteiger partial charge >= 0.3 is 0 Å². The smallest absolute Gasteiger partial charge is 0.162 e. The predicted molar refractivity (Wildman–Crippen MR) is 74.0 cm³/mol. The van der Waals surface area contributed by atoms with E-state index in [1.54, 1.807) is 6.07 Å². The number of aliphatic hydroxyl groups excluding tert-OH is 1. The van der Waals surface area contributed by atoms with Gasteiger partial charge < -0.3 is 5.11 Å². The van der Waals surface area contributed by atoms with Gasteiger partial charge in [0, 0.05) is 10.4 Å². The molecule has 0 bridgehead atoms. The summed E-state index contributed by atoms with van der Waals surface area (Å²) in [5.41, 5.74) is 1.17. The largest absolute Gasteiger partial charge is 0.396 e. The van der Waals surface area contributed by atoms with Gasteiger partial charge in [0.25, 0.3) is 0 Å². The molecular formula is C15H13BrF2O. The second kappa shape index (κ2) is 6.26. The van der Waals surface area contributed by atoms with Gasteiger partial charge in [-0.1, -0.05) is 40.2 Å². The zero-order chi connectivity index (χ0) is 13.8. The van der Waals surface area contributed by atoms with Gasteiger partial charge in [-0.2, -0.15) is 0 Å². The van der Waals surface area contributed by atoms with Gasteiger partial charge in [0.1, 0.15) is 0 Å². The van der Waals surface area contributed by atoms with Crippen molar-refractivity contribution >= 4 is 15.9 Å². The summed E-state index contributed by atoms with van der Waals surface area (Å²) >= 11 is 3.36. The molecule has 0 saturated carbocycles. The van der Waals surface area contributed by atoms with E-state index in [0.29, 0.717) is 0 Å². The maximum Gasteiger partial charge on any atom is 0.162 e. The number of aliphatic hydroxyl groups is 1. The SMILES string of the molecule is OCC(Cc1cccc(F)c1F)c1cccc(Br)c1. The fourth-order valence-electron chi connectivity index (χ4n) is 2.02. The van der Waals surface area contributed by atoms with Gasteiger partial charge in [0.05, 0.1) is 6.61 Å². The Hall–Kier alpha value is -1.26. The molecule has 1 nitrogen and oxygen atoms in total. The van der Waals surface area contributed by atoms with Gasteiger partial charge in [-0.3, -0.25) is 0 Å². The molecule has 1 atom stereocenters. The topological polar surface area (TPSA) is 20.2 Å². The lowest BCUT2D eigenvalue weighted by atomic mass is 9.92. The van der Waals surface area contributed by atoms with Crippen molar-refractivity contribution < 1.29 is 13.9 Å². The minimum atomic E-state index is -0.858. The molecule has 1 unspecified atom stereocenters. The first-order chi connectivity index (χ1) is 9.11. The summed E-state index contributed by atoms with van der Waals surface area (Å²) in [5, 5.41) is 9.46. The van der Waals surface area contributed by atoms with Crippen LogP contribution in [0.2, 0.25) is 0 Å². The normalized spacial score (nSPS) is 12.4. The summed E-state index contributed by atoms with van der Waals surface area (Å²) in [6, 6.07) is 11.6. The number of rotatable bonds is 4. The van der Waals surface area contributed by atoms with Crippen LogP contribution in [0.3, 0.4) is 0 Å². The number of benzene rings is 2. The van der Waals surface area contributed by atoms with Crippen LogP contribution >= 0.6 is 15.9 Å². The van der Waals surface area contributed by atoms with E-state index in [2.05, 4.69) is 15.9 Å². The maximum atomic E-state index is 13.6. The Morgan fingerprint density at radius 2 is 1.84 bits per heavy atom. The molecular weight excluding hydrogens is 314 g/mol. The number of hydrogen-bond donors (Lipinski definition) is 1. The van der Waals surface area contributed by atoms with Crippen molar-refractivity contribution in [3.8, 4) is 0 Å². The lowest BCUT2D eigenvalue weighted by molar-refractivity contribution is 0.263. The van der Waals surface area contributed by atoms with Crippen molar-refractivity contribution in [1.82, 2.24) is 0 Å². The van der Waals surface area contributed by atoms with Crippen LogP contribution < -0.4 is 0 Å². The van der Waals surface area contributed by atoms with E-state index in [9.17, 15) is 13.9 Å². The van der Waals surface area contributed by atoms with Crippen LogP contribution in [0, 0.1) is 11.6 Å². The second-order valence-electron chi connectivity index (χ2n) is 4.35. The standard InChI is InChI=1S/C15H13BrF2O/c16-13-5-1-3-10(8-13)12(9-19)7-11-4-2-6-14(17)15(11)18/h1-6,8,12,19H,7,9H2. The number of hydrogen-bond acceptors (Lipinski definition) is 1. The molecule has 0 fully saturated rings. The van der Waals surface area contributed by atoms with Crippen molar-refractivity contribution in [2.75, 3.05) is 6.61 Å². The zero-order valence-corrected chi connectivity index (χ0v) is 11.7. The lowest BCUT2D eigenvalue weighted by Crippen LogP contribution is -2.09. The van der Waals surface area contributed by atoms with Crippen LogP contribution in [0.25, 0.3) is 0 Å². The first kappa shape index (κ1) is 14.2. The van der Waals surface area contributed by atoms with Crippen LogP contribution in [-0.4, -0.2) is 11.7 Å². The van der Waals surface area contributed by atoms with Gasteiger partial charge in [-0.15, -0.1) is 0 Å². The van der Waals surface area contributed by atoms with Crippen LogP contribution in [0.4, 0.5) is 8.78 Å². The van der Waals surface area contributed by atoms with Gasteiger partial charge in [0.2, 0.25) is 0 Å². The third kappa shape index (κ3) is 3.39. The molecule has 4 heteroatoms. The number of halogens is 3. The molecule has 1 N–H and O–H groups in total. The Balaban J connectivity index is 2.26. The lowest BCUT2D eigenvalue weighted by Gasteiger charge is -2.15. The highest BCUT2D eigenvalue weighted by Gasteiger charge is 2.16. The molecule has 2 aromatic rings. The predicted octanol–water partition coefficient (Wildman–Crippen LogP) is 4.05. The Kier molecular flexibility index (Phi) is 4.66. The Morgan fingerprint density at radius 1 is 1.11 bits per heavy atom. The van der Waals surface area contributed by atoms with Crippen LogP contribution in [0.1, 0.15) is 17.0 Å². The summed E-state index contributed by atoms with van der Waals surface area (Å²) in [4.78, 5) is 0. The summed E-state index contributed by atoms with van der Waals surface area (Å²) < 4.78 is 27.7. The fourth-order valence-corrected chi connectivity index (χ4v) is 2.44. The molecule has 0 aliphatic carbocycles. The molecule has 100 valence electrons. The van der Waals surface area contributed by atoms with Gasteiger partial charge in [-0.05, 0) is 35.7 Å². The molecule has 0 heterocycles. The average molecular weight is 327 g/mol. The molecule has 0 radical (unpaired) electrons. The molecule has 2 aromatic carbocycles. The molecule has 0 aromatic heterocycles. The first-order valence-corrected chi connectivity index (χ1v) is 6.70. The molecule has 0 saturated heterocycles. The van der Waals surface area contributed by atoms with Crippen molar-refractivity contribution in [2.24, 2.45) is 0 Å². The molecule has 2 rings (SSSR count). The highest BCUT2D eigenvalue weighted by atomic mass is 79.9. The first-order valence-electron chi connectivity index (χ1n) is 5.91.